The Balaban J connectivity index is 2.49. The maximum Gasteiger partial charge on any atom is 0.315 e. The number of carbonyl (C=O) groups is 2. The fourth-order valence-electron chi connectivity index (χ4n) is 1.63. The first kappa shape index (κ1) is 13.9. The Hall–Kier alpha value is -1.18. The number of hydrogen-bond donors (Lipinski definition) is 0. The number of nitrogens with zero attached hydrogens (tertiary/aromatic N) is 1. The number of amides is 1. The lowest BCUT2D eigenvalue weighted by Crippen LogP contribution is -2.32. The van der Waals surface area contributed by atoms with Crippen molar-refractivity contribution in [2.45, 2.75) is 25.0 Å². The van der Waals surface area contributed by atoms with E-state index in [4.69, 9.17) is 0 Å². The highest BCUT2D eigenvalue weighted by molar-refractivity contribution is 7.87. The molecule has 0 saturated carbocycles. The van der Waals surface area contributed by atoms with Crippen LogP contribution in [0.5, 0.6) is 0 Å². The molecule has 17 heavy (non-hydrogen) atoms. The van der Waals surface area contributed by atoms with Crippen LogP contribution in [0.1, 0.15) is 19.8 Å². The molecule has 0 N–H and O–H groups in total. The Morgan fingerprint density at radius 3 is 2.59 bits per heavy atom. The van der Waals surface area contributed by atoms with E-state index in [-0.39, 0.29) is 26.1 Å². The molecular weight excluding hydrogens is 253 g/mol. The van der Waals surface area contributed by atoms with Crippen LogP contribution in [-0.2, 0) is 24.5 Å². The van der Waals surface area contributed by atoms with E-state index in [0.717, 1.165) is 0 Å². The first-order valence-electron chi connectivity index (χ1n) is 5.21. The SMILES string of the molecule is CCOC(=O)CC(=O)N1CCC(S(=O)(=O)F)C1. The maximum absolute atomic E-state index is 12.7. The number of likely N-dealkylation sites (tertiary alicyclic amines) is 1. The molecule has 0 spiro atoms. The zero-order valence-corrected chi connectivity index (χ0v) is 10.2. The molecule has 0 aromatic carbocycles. The molecule has 1 aliphatic heterocycles. The number of ether oxygens (including phenoxy) is 1. The molecule has 0 aliphatic carbocycles. The van der Waals surface area contributed by atoms with Crippen LogP contribution in [0, 0.1) is 0 Å². The molecule has 1 atom stereocenters. The van der Waals surface area contributed by atoms with Gasteiger partial charge in [-0.15, -0.1) is 3.89 Å². The Kier molecular flexibility index (Phi) is 4.44. The summed E-state index contributed by atoms with van der Waals surface area (Å²) >= 11 is 0. The summed E-state index contributed by atoms with van der Waals surface area (Å²) in [4.78, 5) is 23.7. The summed E-state index contributed by atoms with van der Waals surface area (Å²) in [5.41, 5.74) is 0. The molecule has 8 heteroatoms. The van der Waals surface area contributed by atoms with Gasteiger partial charge in [-0.25, -0.2) is 0 Å². The second kappa shape index (κ2) is 5.44. The maximum atomic E-state index is 12.7. The molecule has 1 aliphatic rings. The minimum atomic E-state index is -4.62. The van der Waals surface area contributed by atoms with Crippen LogP contribution in [0.3, 0.4) is 0 Å². The molecule has 1 fully saturated rings. The molecule has 98 valence electrons. The zero-order chi connectivity index (χ0) is 13.1. The molecule has 0 radical (unpaired) electrons. The normalized spacial score (nSPS) is 20.4. The third kappa shape index (κ3) is 3.95. The first-order chi connectivity index (χ1) is 7.84. The van der Waals surface area contributed by atoms with Crippen molar-refractivity contribution in [2.75, 3.05) is 19.7 Å². The molecule has 1 unspecified atom stereocenters. The third-order valence-electron chi connectivity index (χ3n) is 2.50. The number of hydrogen-bond acceptors (Lipinski definition) is 5. The van der Waals surface area contributed by atoms with Crippen LogP contribution in [0.2, 0.25) is 0 Å². The van der Waals surface area contributed by atoms with Gasteiger partial charge < -0.3 is 9.64 Å². The van der Waals surface area contributed by atoms with Gasteiger partial charge in [0.25, 0.3) is 0 Å². The fourth-order valence-corrected chi connectivity index (χ4v) is 2.38. The van der Waals surface area contributed by atoms with Gasteiger partial charge in [0.05, 0.1) is 6.61 Å². The van der Waals surface area contributed by atoms with Crippen LogP contribution < -0.4 is 0 Å². The van der Waals surface area contributed by atoms with Crippen molar-refractivity contribution in [1.29, 1.82) is 0 Å². The molecule has 1 saturated heterocycles. The molecule has 0 aromatic heterocycles. The Morgan fingerprint density at radius 2 is 2.12 bits per heavy atom. The summed E-state index contributed by atoms with van der Waals surface area (Å²) in [7, 11) is -4.62. The highest BCUT2D eigenvalue weighted by Crippen LogP contribution is 2.18. The van der Waals surface area contributed by atoms with E-state index in [0.29, 0.717) is 0 Å². The average molecular weight is 267 g/mol. The topological polar surface area (TPSA) is 80.8 Å². The highest BCUT2D eigenvalue weighted by atomic mass is 32.3. The van der Waals surface area contributed by atoms with Gasteiger partial charge in [0.2, 0.25) is 5.91 Å². The van der Waals surface area contributed by atoms with Gasteiger partial charge in [-0.05, 0) is 13.3 Å². The van der Waals surface area contributed by atoms with Gasteiger partial charge >= 0.3 is 16.2 Å². The van der Waals surface area contributed by atoms with E-state index < -0.39 is 33.8 Å². The average Bonchev–Trinajstić information content (AvgIpc) is 2.65. The van der Waals surface area contributed by atoms with Gasteiger partial charge in [0.1, 0.15) is 11.7 Å². The second-order valence-corrected chi connectivity index (χ2v) is 5.33. The van der Waals surface area contributed by atoms with Crippen LogP contribution in [0.4, 0.5) is 3.89 Å². The third-order valence-corrected chi connectivity index (χ3v) is 3.68. The summed E-state index contributed by atoms with van der Waals surface area (Å²) in [6.45, 7) is 1.74. The number of carbonyl (C=O) groups excluding carboxylic acids is 2. The van der Waals surface area contributed by atoms with Crippen molar-refractivity contribution in [3.05, 3.63) is 0 Å². The van der Waals surface area contributed by atoms with Gasteiger partial charge in [0, 0.05) is 13.1 Å². The predicted octanol–water partition coefficient (Wildman–Crippen LogP) is -0.160. The van der Waals surface area contributed by atoms with Crippen LogP contribution in [0.25, 0.3) is 0 Å². The van der Waals surface area contributed by atoms with Crippen molar-refractivity contribution in [3.63, 3.8) is 0 Å². The number of rotatable bonds is 4. The lowest BCUT2D eigenvalue weighted by molar-refractivity contribution is -0.148. The Labute approximate surface area is 98.9 Å². The van der Waals surface area contributed by atoms with E-state index in [9.17, 15) is 21.9 Å². The molecular formula is C9H14FNO5S. The van der Waals surface area contributed by atoms with E-state index in [1.807, 2.05) is 0 Å². The first-order valence-corrected chi connectivity index (χ1v) is 6.66. The van der Waals surface area contributed by atoms with E-state index >= 15 is 0 Å². The van der Waals surface area contributed by atoms with Gasteiger partial charge in [0.15, 0.2) is 0 Å². The van der Waals surface area contributed by atoms with Crippen LogP contribution >= 0.6 is 0 Å². The molecule has 0 bridgehead atoms. The summed E-state index contributed by atoms with van der Waals surface area (Å²) in [6.07, 6.45) is -0.375. The standard InChI is InChI=1S/C9H14FNO5S/c1-2-16-9(13)5-8(12)11-4-3-7(6-11)17(10,14)15/h7H,2-6H2,1H3. The monoisotopic (exact) mass is 267 g/mol. The largest absolute Gasteiger partial charge is 0.466 e. The molecule has 1 rings (SSSR count). The van der Waals surface area contributed by atoms with Crippen molar-refractivity contribution >= 4 is 22.1 Å². The van der Waals surface area contributed by atoms with Crippen LogP contribution in [-0.4, -0.2) is 50.1 Å². The van der Waals surface area contributed by atoms with Gasteiger partial charge in [-0.1, -0.05) is 0 Å². The fraction of sp³-hybridized carbons (Fsp3) is 0.778. The second-order valence-electron chi connectivity index (χ2n) is 3.71. The summed E-state index contributed by atoms with van der Waals surface area (Å²) in [5.74, 6) is -1.20. The van der Waals surface area contributed by atoms with Crippen molar-refractivity contribution in [2.24, 2.45) is 0 Å². The van der Waals surface area contributed by atoms with E-state index in [1.165, 1.54) is 4.90 Å². The van der Waals surface area contributed by atoms with Crippen molar-refractivity contribution in [1.82, 2.24) is 4.90 Å². The molecule has 1 heterocycles. The lowest BCUT2D eigenvalue weighted by atomic mass is 10.4. The van der Waals surface area contributed by atoms with Crippen molar-refractivity contribution < 1.29 is 26.6 Å². The smallest absolute Gasteiger partial charge is 0.315 e. The quantitative estimate of drug-likeness (QED) is 0.401. The number of halogens is 1. The highest BCUT2D eigenvalue weighted by Gasteiger charge is 2.35. The van der Waals surface area contributed by atoms with Crippen molar-refractivity contribution in [3.8, 4) is 0 Å². The summed E-state index contributed by atoms with van der Waals surface area (Å²) in [5, 5.41) is -1.17. The Bertz CT molecular complexity index is 408. The summed E-state index contributed by atoms with van der Waals surface area (Å²) < 4.78 is 38.5. The molecule has 6 nitrogen and oxygen atoms in total. The predicted molar refractivity (Wildman–Crippen MR) is 56.3 cm³/mol. The van der Waals surface area contributed by atoms with E-state index in [1.54, 1.807) is 6.92 Å². The van der Waals surface area contributed by atoms with E-state index in [2.05, 4.69) is 4.74 Å². The minimum absolute atomic E-state index is 0.0629. The lowest BCUT2D eigenvalue weighted by Gasteiger charge is -2.14. The molecule has 0 aromatic rings. The van der Waals surface area contributed by atoms with Gasteiger partial charge in [-0.2, -0.15) is 8.42 Å². The Morgan fingerprint density at radius 1 is 1.47 bits per heavy atom. The number of esters is 1. The zero-order valence-electron chi connectivity index (χ0n) is 9.39. The van der Waals surface area contributed by atoms with Gasteiger partial charge in [-0.3, -0.25) is 9.59 Å². The molecule has 1 amide bonds. The summed E-state index contributed by atoms with van der Waals surface area (Å²) in [6, 6.07) is 0. The minimum Gasteiger partial charge on any atom is -0.466 e. The van der Waals surface area contributed by atoms with Crippen LogP contribution in [0.15, 0.2) is 0 Å².